The fourth-order valence-electron chi connectivity index (χ4n) is 4.36. The van der Waals surface area contributed by atoms with Crippen LogP contribution >= 0.6 is 0 Å². The van der Waals surface area contributed by atoms with Gasteiger partial charge in [0.25, 0.3) is 0 Å². The van der Waals surface area contributed by atoms with E-state index in [1.807, 2.05) is 0 Å². The highest BCUT2D eigenvalue weighted by Gasteiger charge is 2.50. The minimum atomic E-state index is -0.919. The number of ether oxygens (including phenoxy) is 1. The molecule has 3 aliphatic rings. The first kappa shape index (κ1) is 30.4. The number of nitrogens with zero attached hydrogens (tertiary/aromatic N) is 1. The lowest BCUT2D eigenvalue weighted by atomic mass is 9.82. The first-order valence-electron chi connectivity index (χ1n) is 13.2. The van der Waals surface area contributed by atoms with Gasteiger partial charge in [-0.2, -0.15) is 0 Å². The zero-order valence-electron chi connectivity index (χ0n) is 23.3. The summed E-state index contributed by atoms with van der Waals surface area (Å²) >= 11 is 0. The largest absolute Gasteiger partial charge is 0.480 e. The van der Waals surface area contributed by atoms with Gasteiger partial charge >= 0.3 is 19.2 Å². The number of carboxylic acid groups (broad SMARTS) is 1. The van der Waals surface area contributed by atoms with Crippen molar-refractivity contribution < 1.29 is 33.5 Å². The topological polar surface area (TPSA) is 126 Å². The van der Waals surface area contributed by atoms with Crippen molar-refractivity contribution in [2.24, 2.45) is 0 Å². The van der Waals surface area contributed by atoms with Crippen molar-refractivity contribution in [1.82, 2.24) is 15.5 Å². The minimum Gasteiger partial charge on any atom is -0.480 e. The van der Waals surface area contributed by atoms with Crippen LogP contribution in [0.15, 0.2) is 0 Å². The quantitative estimate of drug-likeness (QED) is 0.464. The third-order valence-corrected chi connectivity index (χ3v) is 7.05. The van der Waals surface area contributed by atoms with Crippen LogP contribution in [0.2, 0.25) is 6.32 Å². The van der Waals surface area contributed by atoms with Gasteiger partial charge in [-0.05, 0) is 74.0 Å². The van der Waals surface area contributed by atoms with Crippen LogP contribution in [-0.2, 0) is 23.6 Å². The fourth-order valence-corrected chi connectivity index (χ4v) is 4.36. The van der Waals surface area contributed by atoms with E-state index in [1.165, 1.54) is 17.7 Å². The number of nitrogens with one attached hydrogen (secondary N) is 2. The zero-order valence-corrected chi connectivity index (χ0v) is 23.3. The normalized spacial score (nSPS) is 26.8. The van der Waals surface area contributed by atoms with Gasteiger partial charge in [-0.15, -0.1) is 0 Å². The molecule has 206 valence electrons. The Labute approximate surface area is 216 Å². The summed E-state index contributed by atoms with van der Waals surface area (Å²) in [4.78, 5) is 37.0. The maximum absolute atomic E-state index is 12.4. The maximum atomic E-state index is 12.4. The Hall–Kier alpha value is -1.85. The Balaban J connectivity index is 0.000000297. The van der Waals surface area contributed by atoms with Crippen LogP contribution in [0.25, 0.3) is 0 Å². The molecule has 3 aliphatic heterocycles. The molecule has 11 heteroatoms. The van der Waals surface area contributed by atoms with Crippen molar-refractivity contribution in [3.63, 3.8) is 0 Å². The van der Waals surface area contributed by atoms with Crippen LogP contribution in [0.3, 0.4) is 0 Å². The van der Waals surface area contributed by atoms with Crippen LogP contribution in [-0.4, -0.2) is 83.1 Å². The number of unbranched alkanes of at least 4 members (excludes halogenated alkanes) is 1. The Morgan fingerprint density at radius 1 is 1.17 bits per heavy atom. The summed E-state index contributed by atoms with van der Waals surface area (Å²) in [5.41, 5.74) is -0.929. The molecule has 0 spiro atoms. The third kappa shape index (κ3) is 8.35. The molecule has 0 aliphatic carbocycles. The van der Waals surface area contributed by atoms with Gasteiger partial charge in [-0.25, -0.2) is 4.79 Å². The fraction of sp³-hybridized carbons (Fsp3) is 0.880. The summed E-state index contributed by atoms with van der Waals surface area (Å²) in [6.07, 6.45) is 4.60. The summed E-state index contributed by atoms with van der Waals surface area (Å²) in [7, 11) is 0.00458. The predicted octanol–water partition coefficient (Wildman–Crippen LogP) is 3.20. The van der Waals surface area contributed by atoms with E-state index in [0.29, 0.717) is 25.9 Å². The Morgan fingerprint density at radius 3 is 2.28 bits per heavy atom. The number of aliphatic carboxylic acids is 1. The monoisotopic (exact) mass is 511 g/mol. The van der Waals surface area contributed by atoms with Crippen LogP contribution in [0.5, 0.6) is 0 Å². The average Bonchev–Trinajstić information content (AvgIpc) is 3.44. The lowest BCUT2D eigenvalue weighted by Crippen LogP contribution is -2.50. The summed E-state index contributed by atoms with van der Waals surface area (Å²) in [5.74, 6) is -1.16. The summed E-state index contributed by atoms with van der Waals surface area (Å²) in [5, 5.41) is 14.6. The molecule has 0 radical (unpaired) electrons. The van der Waals surface area contributed by atoms with E-state index >= 15 is 0 Å². The van der Waals surface area contributed by atoms with E-state index in [1.54, 1.807) is 20.8 Å². The number of carbonyl (C=O) groups is 3. The van der Waals surface area contributed by atoms with E-state index in [-0.39, 0.29) is 30.3 Å². The van der Waals surface area contributed by atoms with Crippen molar-refractivity contribution in [1.29, 1.82) is 0 Å². The molecular formula is C25H46BN3O7. The van der Waals surface area contributed by atoms with Crippen LogP contribution in [0.1, 0.15) is 87.5 Å². The van der Waals surface area contributed by atoms with Gasteiger partial charge in [-0.1, -0.05) is 19.8 Å². The number of hydrogen-bond donors (Lipinski definition) is 3. The molecule has 3 heterocycles. The molecule has 2 amide bonds. The van der Waals surface area contributed by atoms with Gasteiger partial charge < -0.3 is 29.8 Å². The first-order chi connectivity index (χ1) is 16.6. The maximum Gasteiger partial charge on any atom is 0.457 e. The average molecular weight is 511 g/mol. The van der Waals surface area contributed by atoms with Crippen LogP contribution in [0.4, 0.5) is 4.79 Å². The Morgan fingerprint density at radius 2 is 1.78 bits per heavy atom. The molecule has 36 heavy (non-hydrogen) atoms. The Bertz CT molecular complexity index is 768. The SMILES string of the molecule is CC(C)(C)OC(=O)N1CCCC1C(=O)NC1CNC(C(=O)O)C1.CCCCB1OC(C)(C)C(C)(C)O1. The van der Waals surface area contributed by atoms with Gasteiger partial charge in [0.1, 0.15) is 17.7 Å². The molecular weight excluding hydrogens is 465 g/mol. The van der Waals surface area contributed by atoms with Crippen molar-refractivity contribution in [3.8, 4) is 0 Å². The molecule has 10 nitrogen and oxygen atoms in total. The van der Waals surface area contributed by atoms with E-state index < -0.39 is 29.7 Å². The highest BCUT2D eigenvalue weighted by Crippen LogP contribution is 2.38. The van der Waals surface area contributed by atoms with E-state index in [2.05, 4.69) is 45.3 Å². The van der Waals surface area contributed by atoms with Crippen molar-refractivity contribution in [2.45, 2.75) is 129 Å². The summed E-state index contributed by atoms with van der Waals surface area (Å²) in [6.45, 7) is 16.8. The predicted molar refractivity (Wildman–Crippen MR) is 138 cm³/mol. The summed E-state index contributed by atoms with van der Waals surface area (Å²) in [6, 6.07) is -1.41. The smallest absolute Gasteiger partial charge is 0.457 e. The standard InChI is InChI=1S/C15H25N3O5.C10H21BO2/c1-15(2,3)23-14(22)18-6-4-5-11(18)12(19)17-9-7-10(13(20)21)16-8-9;1-6-7-8-11-12-9(2,3)10(4,5)13-11/h9-11,16H,4-8H2,1-3H3,(H,17,19)(H,20,21);6-8H2,1-5H3. The van der Waals surface area contributed by atoms with Gasteiger partial charge in [0.05, 0.1) is 11.2 Å². The van der Waals surface area contributed by atoms with Gasteiger partial charge in [0.2, 0.25) is 5.91 Å². The zero-order chi connectivity index (χ0) is 27.3. The molecule has 3 N–H and O–H groups in total. The second kappa shape index (κ2) is 12.1. The molecule has 0 saturated carbocycles. The highest BCUT2D eigenvalue weighted by atomic mass is 16.7. The molecule has 0 aromatic heterocycles. The molecule has 0 aromatic carbocycles. The molecule has 3 fully saturated rings. The van der Waals surface area contributed by atoms with Crippen LogP contribution < -0.4 is 10.6 Å². The van der Waals surface area contributed by atoms with Gasteiger partial charge in [0, 0.05) is 19.1 Å². The molecule has 3 unspecified atom stereocenters. The van der Waals surface area contributed by atoms with E-state index in [9.17, 15) is 14.4 Å². The molecule has 0 aromatic rings. The number of carboxylic acids is 1. The minimum absolute atomic E-state index is 0.00458. The van der Waals surface area contributed by atoms with Gasteiger partial charge in [0.15, 0.2) is 0 Å². The molecule has 3 atom stereocenters. The van der Waals surface area contributed by atoms with Gasteiger partial charge in [-0.3, -0.25) is 14.5 Å². The number of rotatable bonds is 6. The number of amides is 2. The van der Waals surface area contributed by atoms with E-state index in [0.717, 1.165) is 12.7 Å². The lowest BCUT2D eigenvalue weighted by molar-refractivity contribution is -0.139. The highest BCUT2D eigenvalue weighted by molar-refractivity contribution is 6.45. The van der Waals surface area contributed by atoms with Crippen molar-refractivity contribution >= 4 is 25.1 Å². The first-order valence-corrected chi connectivity index (χ1v) is 13.2. The third-order valence-electron chi connectivity index (χ3n) is 7.05. The Kier molecular flexibility index (Phi) is 10.2. The van der Waals surface area contributed by atoms with Crippen LogP contribution in [0, 0.1) is 0 Å². The van der Waals surface area contributed by atoms with E-state index in [4.69, 9.17) is 19.2 Å². The second-order valence-electron chi connectivity index (χ2n) is 11.9. The number of hydrogen-bond acceptors (Lipinski definition) is 7. The van der Waals surface area contributed by atoms with Crippen molar-refractivity contribution in [3.05, 3.63) is 0 Å². The number of carbonyl (C=O) groups excluding carboxylic acids is 2. The second-order valence-corrected chi connectivity index (χ2v) is 11.9. The summed E-state index contributed by atoms with van der Waals surface area (Å²) < 4.78 is 17.0. The molecule has 0 bridgehead atoms. The molecule has 3 rings (SSSR count). The lowest BCUT2D eigenvalue weighted by Gasteiger charge is -2.32. The number of likely N-dealkylation sites (tertiary alicyclic amines) is 1. The van der Waals surface area contributed by atoms with Crippen molar-refractivity contribution in [2.75, 3.05) is 13.1 Å². The molecule has 3 saturated heterocycles.